The zero-order valence-electron chi connectivity index (χ0n) is 17.4. The third kappa shape index (κ3) is 4.99. The van der Waals surface area contributed by atoms with Crippen LogP contribution in [0.4, 0.5) is 5.69 Å². The first-order valence-corrected chi connectivity index (χ1v) is 11.4. The van der Waals surface area contributed by atoms with Crippen molar-refractivity contribution in [2.24, 2.45) is 0 Å². The van der Waals surface area contributed by atoms with E-state index in [0.717, 1.165) is 11.1 Å². The average Bonchev–Trinajstić information content (AvgIpc) is 2.71. The normalized spacial score (nSPS) is 15.0. The number of piperidine rings is 1. The van der Waals surface area contributed by atoms with Crippen LogP contribution in [0.2, 0.25) is 0 Å². The summed E-state index contributed by atoms with van der Waals surface area (Å²) in [5.74, 6) is -0.200. The van der Waals surface area contributed by atoms with E-state index in [1.165, 1.54) is 19.1 Å². The summed E-state index contributed by atoms with van der Waals surface area (Å²) in [6, 6.07) is 11.5. The highest BCUT2D eigenvalue weighted by atomic mass is 32.2. The summed E-state index contributed by atoms with van der Waals surface area (Å²) in [6.45, 7) is 6.38. The maximum absolute atomic E-state index is 12.7. The van der Waals surface area contributed by atoms with E-state index in [1.807, 2.05) is 19.9 Å². The SMILES string of the molecule is CC(=O)NC1CCN(C(=O)c2ccc(S(=O)(=O)Nc3cccc(C)c3C)cc2)CC1. The van der Waals surface area contributed by atoms with Crippen LogP contribution in [-0.4, -0.2) is 44.3 Å². The highest BCUT2D eigenvalue weighted by Gasteiger charge is 2.24. The Bertz CT molecular complexity index is 1040. The summed E-state index contributed by atoms with van der Waals surface area (Å²) in [7, 11) is -3.75. The number of nitrogens with zero attached hydrogens (tertiary/aromatic N) is 1. The monoisotopic (exact) mass is 429 g/mol. The first-order valence-electron chi connectivity index (χ1n) is 9.93. The second kappa shape index (κ2) is 8.87. The molecule has 2 N–H and O–H groups in total. The smallest absolute Gasteiger partial charge is 0.261 e. The fraction of sp³-hybridized carbons (Fsp3) is 0.364. The average molecular weight is 430 g/mol. The first-order chi connectivity index (χ1) is 14.2. The number of benzene rings is 2. The number of anilines is 1. The van der Waals surface area contributed by atoms with Crippen LogP contribution in [-0.2, 0) is 14.8 Å². The molecule has 3 rings (SSSR count). The molecule has 0 atom stereocenters. The van der Waals surface area contributed by atoms with Crippen molar-refractivity contribution in [1.29, 1.82) is 0 Å². The standard InChI is InChI=1S/C22H27N3O4S/c1-15-5-4-6-21(16(15)2)24-30(28,29)20-9-7-18(8-10-20)22(27)25-13-11-19(12-14-25)23-17(3)26/h4-10,19,24H,11-14H2,1-3H3,(H,23,26). The Kier molecular flexibility index (Phi) is 6.45. The molecule has 0 bridgehead atoms. The molecule has 0 aliphatic carbocycles. The van der Waals surface area contributed by atoms with Gasteiger partial charge >= 0.3 is 0 Å². The highest BCUT2D eigenvalue weighted by Crippen LogP contribution is 2.23. The van der Waals surface area contributed by atoms with Gasteiger partial charge in [-0.15, -0.1) is 0 Å². The van der Waals surface area contributed by atoms with Crippen molar-refractivity contribution >= 4 is 27.5 Å². The third-order valence-corrected chi connectivity index (χ3v) is 6.83. The highest BCUT2D eigenvalue weighted by molar-refractivity contribution is 7.92. The molecule has 2 aromatic carbocycles. The molecular weight excluding hydrogens is 402 g/mol. The number of hydrogen-bond acceptors (Lipinski definition) is 4. The predicted molar refractivity (Wildman–Crippen MR) is 116 cm³/mol. The summed E-state index contributed by atoms with van der Waals surface area (Å²) in [4.78, 5) is 25.7. The number of likely N-dealkylation sites (tertiary alicyclic amines) is 1. The van der Waals surface area contributed by atoms with E-state index in [-0.39, 0.29) is 22.8 Å². The zero-order valence-corrected chi connectivity index (χ0v) is 18.3. The molecule has 160 valence electrons. The minimum Gasteiger partial charge on any atom is -0.353 e. The number of hydrogen-bond donors (Lipinski definition) is 2. The fourth-order valence-electron chi connectivity index (χ4n) is 3.54. The molecule has 1 aliphatic rings. The topological polar surface area (TPSA) is 95.6 Å². The Labute approximate surface area is 177 Å². The van der Waals surface area contributed by atoms with Gasteiger partial charge < -0.3 is 10.2 Å². The van der Waals surface area contributed by atoms with Crippen molar-refractivity contribution in [3.05, 3.63) is 59.2 Å². The molecule has 1 heterocycles. The number of carbonyl (C=O) groups is 2. The van der Waals surface area contributed by atoms with E-state index < -0.39 is 10.0 Å². The van der Waals surface area contributed by atoms with Gasteiger partial charge in [-0.1, -0.05) is 12.1 Å². The van der Waals surface area contributed by atoms with E-state index in [0.29, 0.717) is 37.2 Å². The quantitative estimate of drug-likeness (QED) is 0.764. The van der Waals surface area contributed by atoms with Gasteiger partial charge in [-0.2, -0.15) is 0 Å². The number of rotatable bonds is 5. The summed E-state index contributed by atoms with van der Waals surface area (Å²) >= 11 is 0. The molecule has 1 fully saturated rings. The molecule has 1 aliphatic heterocycles. The van der Waals surface area contributed by atoms with E-state index in [2.05, 4.69) is 10.0 Å². The molecule has 30 heavy (non-hydrogen) atoms. The molecule has 7 nitrogen and oxygen atoms in total. The Morgan fingerprint density at radius 2 is 1.63 bits per heavy atom. The van der Waals surface area contributed by atoms with E-state index >= 15 is 0 Å². The lowest BCUT2D eigenvalue weighted by atomic mass is 10.0. The van der Waals surface area contributed by atoms with Crippen LogP contribution in [0, 0.1) is 13.8 Å². The van der Waals surface area contributed by atoms with Gasteiger partial charge in [-0.05, 0) is 68.1 Å². The number of amides is 2. The number of carbonyl (C=O) groups excluding carboxylic acids is 2. The molecular formula is C22H27N3O4S. The summed E-state index contributed by atoms with van der Waals surface area (Å²) in [6.07, 6.45) is 1.41. The van der Waals surface area contributed by atoms with Crippen molar-refractivity contribution in [2.45, 2.75) is 44.6 Å². The lowest BCUT2D eigenvalue weighted by Crippen LogP contribution is -2.46. The molecule has 0 spiro atoms. The predicted octanol–water partition coefficient (Wildman–Crippen LogP) is 2.84. The summed E-state index contributed by atoms with van der Waals surface area (Å²) in [5, 5.41) is 2.88. The molecule has 0 aromatic heterocycles. The largest absolute Gasteiger partial charge is 0.353 e. The second-order valence-electron chi connectivity index (χ2n) is 7.64. The van der Waals surface area contributed by atoms with E-state index in [1.54, 1.807) is 29.2 Å². The van der Waals surface area contributed by atoms with Crippen LogP contribution in [0.3, 0.4) is 0 Å². The Morgan fingerprint density at radius 1 is 1.00 bits per heavy atom. The minimum absolute atomic E-state index is 0.0639. The van der Waals surface area contributed by atoms with Gasteiger partial charge in [0.15, 0.2) is 0 Å². The van der Waals surface area contributed by atoms with Gasteiger partial charge in [0.25, 0.3) is 15.9 Å². The van der Waals surface area contributed by atoms with Crippen molar-refractivity contribution in [3.8, 4) is 0 Å². The Morgan fingerprint density at radius 3 is 2.23 bits per heavy atom. The summed E-state index contributed by atoms with van der Waals surface area (Å²) < 4.78 is 28.1. The third-order valence-electron chi connectivity index (χ3n) is 5.45. The van der Waals surface area contributed by atoms with E-state index in [4.69, 9.17) is 0 Å². The summed E-state index contributed by atoms with van der Waals surface area (Å²) in [5.41, 5.74) is 2.85. The minimum atomic E-state index is -3.75. The van der Waals surface area contributed by atoms with Crippen LogP contribution in [0.1, 0.15) is 41.3 Å². The van der Waals surface area contributed by atoms with Crippen LogP contribution in [0.25, 0.3) is 0 Å². The van der Waals surface area contributed by atoms with Crippen molar-refractivity contribution in [2.75, 3.05) is 17.8 Å². The van der Waals surface area contributed by atoms with Gasteiger partial charge in [-0.25, -0.2) is 8.42 Å². The molecule has 0 saturated carbocycles. The number of sulfonamides is 1. The molecule has 0 unspecified atom stereocenters. The Hall–Kier alpha value is -2.87. The molecule has 2 amide bonds. The Balaban J connectivity index is 1.68. The van der Waals surface area contributed by atoms with Crippen LogP contribution < -0.4 is 10.0 Å². The van der Waals surface area contributed by atoms with Gasteiger partial charge in [0, 0.05) is 31.6 Å². The fourth-order valence-corrected chi connectivity index (χ4v) is 4.66. The second-order valence-corrected chi connectivity index (χ2v) is 9.33. The lowest BCUT2D eigenvalue weighted by molar-refractivity contribution is -0.119. The van der Waals surface area contributed by atoms with Crippen molar-refractivity contribution < 1.29 is 18.0 Å². The van der Waals surface area contributed by atoms with Gasteiger partial charge in [0.05, 0.1) is 10.6 Å². The van der Waals surface area contributed by atoms with Gasteiger partial charge in [0.2, 0.25) is 5.91 Å². The lowest BCUT2D eigenvalue weighted by Gasteiger charge is -2.32. The van der Waals surface area contributed by atoms with E-state index in [9.17, 15) is 18.0 Å². The maximum Gasteiger partial charge on any atom is 0.261 e. The van der Waals surface area contributed by atoms with Crippen molar-refractivity contribution in [1.82, 2.24) is 10.2 Å². The number of nitrogens with one attached hydrogen (secondary N) is 2. The van der Waals surface area contributed by atoms with Crippen LogP contribution >= 0.6 is 0 Å². The zero-order chi connectivity index (χ0) is 21.9. The molecule has 0 radical (unpaired) electrons. The van der Waals surface area contributed by atoms with Gasteiger partial charge in [-0.3, -0.25) is 14.3 Å². The molecule has 8 heteroatoms. The van der Waals surface area contributed by atoms with Crippen LogP contribution in [0.5, 0.6) is 0 Å². The molecule has 1 saturated heterocycles. The van der Waals surface area contributed by atoms with Crippen LogP contribution in [0.15, 0.2) is 47.4 Å². The maximum atomic E-state index is 12.7. The van der Waals surface area contributed by atoms with Crippen molar-refractivity contribution in [3.63, 3.8) is 0 Å². The molecule has 2 aromatic rings. The first kappa shape index (κ1) is 21.8. The van der Waals surface area contributed by atoms with Gasteiger partial charge in [0.1, 0.15) is 0 Å². The number of aryl methyl sites for hydroxylation is 1.